The normalized spacial score (nSPS) is 14.3. The number of carboxylic acids is 1. The number of allylic oxidation sites excluding steroid dienone is 1. The molecule has 0 aliphatic heterocycles. The van der Waals surface area contributed by atoms with E-state index in [1.54, 1.807) is 30.3 Å². The summed E-state index contributed by atoms with van der Waals surface area (Å²) in [4.78, 5) is 35.3. The van der Waals surface area contributed by atoms with Gasteiger partial charge in [0.15, 0.2) is 5.43 Å². The number of rotatable bonds is 4. The van der Waals surface area contributed by atoms with Gasteiger partial charge >= 0.3 is 5.97 Å². The monoisotopic (exact) mass is 455 g/mol. The maximum Gasteiger partial charge on any atom is 0.328 e. The third-order valence-electron chi connectivity index (χ3n) is 4.89. The van der Waals surface area contributed by atoms with Crippen LogP contribution in [0.25, 0.3) is 22.6 Å². The number of nitrogens with one attached hydrogen (secondary N) is 1. The summed E-state index contributed by atoms with van der Waals surface area (Å²) in [5, 5.41) is 12.5. The highest BCUT2D eigenvalue weighted by Gasteiger charge is 2.24. The molecule has 1 aliphatic carbocycles. The van der Waals surface area contributed by atoms with Crippen LogP contribution >= 0.6 is 23.2 Å². The van der Waals surface area contributed by atoms with E-state index < -0.39 is 11.9 Å². The Hall–Kier alpha value is -3.35. The van der Waals surface area contributed by atoms with Gasteiger partial charge in [0.05, 0.1) is 5.39 Å². The summed E-state index contributed by atoms with van der Waals surface area (Å²) in [5.74, 6) is -1.37. The molecule has 8 heteroatoms. The molecular weight excluding hydrogens is 441 g/mol. The molecule has 0 bridgehead atoms. The van der Waals surface area contributed by atoms with Crippen molar-refractivity contribution in [3.63, 3.8) is 0 Å². The molecule has 0 fully saturated rings. The highest BCUT2D eigenvalue weighted by Crippen LogP contribution is 2.37. The Balaban J connectivity index is 1.75. The van der Waals surface area contributed by atoms with Crippen molar-refractivity contribution in [1.82, 2.24) is 0 Å². The Kier molecular flexibility index (Phi) is 5.67. The van der Waals surface area contributed by atoms with Crippen LogP contribution in [0.5, 0.6) is 0 Å². The average molecular weight is 456 g/mol. The van der Waals surface area contributed by atoms with Gasteiger partial charge in [-0.2, -0.15) is 0 Å². The van der Waals surface area contributed by atoms with E-state index in [2.05, 4.69) is 5.32 Å². The van der Waals surface area contributed by atoms with Crippen molar-refractivity contribution < 1.29 is 19.1 Å². The lowest BCUT2D eigenvalue weighted by Gasteiger charge is -2.07. The van der Waals surface area contributed by atoms with Crippen molar-refractivity contribution in [2.75, 3.05) is 5.32 Å². The Morgan fingerprint density at radius 2 is 1.81 bits per heavy atom. The summed E-state index contributed by atoms with van der Waals surface area (Å²) in [6, 6.07) is 9.89. The third kappa shape index (κ3) is 4.26. The third-order valence-corrected chi connectivity index (χ3v) is 5.54. The van der Waals surface area contributed by atoms with Crippen LogP contribution < -0.4 is 10.7 Å². The van der Waals surface area contributed by atoms with Gasteiger partial charge in [0.25, 0.3) is 0 Å². The van der Waals surface area contributed by atoms with Crippen LogP contribution in [0.2, 0.25) is 10.0 Å². The first-order valence-electron chi connectivity index (χ1n) is 9.30. The van der Waals surface area contributed by atoms with Crippen LogP contribution in [-0.4, -0.2) is 17.0 Å². The molecule has 0 unspecified atom stereocenters. The summed E-state index contributed by atoms with van der Waals surface area (Å²) in [6.07, 6.45) is 4.61. The van der Waals surface area contributed by atoms with Gasteiger partial charge in [-0.1, -0.05) is 29.3 Å². The van der Waals surface area contributed by atoms with E-state index in [1.165, 1.54) is 6.07 Å². The van der Waals surface area contributed by atoms with E-state index in [0.29, 0.717) is 56.4 Å². The van der Waals surface area contributed by atoms with E-state index in [9.17, 15) is 14.4 Å². The average Bonchev–Trinajstić information content (AvgIpc) is 3.12. The number of carboxylic acid groups (broad SMARTS) is 1. The molecule has 31 heavy (non-hydrogen) atoms. The van der Waals surface area contributed by atoms with Crippen LogP contribution in [0.3, 0.4) is 0 Å². The minimum Gasteiger partial charge on any atom is -0.478 e. The smallest absolute Gasteiger partial charge is 0.328 e. The van der Waals surface area contributed by atoms with Gasteiger partial charge in [0.2, 0.25) is 5.91 Å². The number of amides is 1. The highest BCUT2D eigenvalue weighted by atomic mass is 35.5. The molecule has 1 aromatic heterocycles. The fraction of sp³-hybridized carbons (Fsp3) is 0.0870. The quantitative estimate of drug-likeness (QED) is 0.529. The number of benzene rings is 2. The van der Waals surface area contributed by atoms with Gasteiger partial charge in [0, 0.05) is 45.1 Å². The Morgan fingerprint density at radius 1 is 1.06 bits per heavy atom. The fourth-order valence-corrected chi connectivity index (χ4v) is 3.97. The molecule has 0 saturated carbocycles. The highest BCUT2D eigenvalue weighted by molar-refractivity contribution is 6.37. The summed E-state index contributed by atoms with van der Waals surface area (Å²) in [6.45, 7) is 0. The number of carbonyl (C=O) groups is 2. The van der Waals surface area contributed by atoms with Crippen molar-refractivity contribution in [1.29, 1.82) is 0 Å². The molecule has 2 N–H and O–H groups in total. The summed E-state index contributed by atoms with van der Waals surface area (Å²) in [7, 11) is 0. The minimum atomic E-state index is -1.23. The van der Waals surface area contributed by atoms with Crippen molar-refractivity contribution >= 4 is 63.4 Å². The molecule has 4 rings (SSSR count). The number of hydrogen-bond donors (Lipinski definition) is 2. The van der Waals surface area contributed by atoms with Crippen LogP contribution in [0.15, 0.2) is 57.8 Å². The van der Waals surface area contributed by atoms with E-state index in [0.717, 1.165) is 17.7 Å². The number of anilines is 1. The minimum absolute atomic E-state index is 0.131. The Bertz CT molecular complexity index is 1330. The van der Waals surface area contributed by atoms with Gasteiger partial charge < -0.3 is 14.8 Å². The first-order chi connectivity index (χ1) is 14.8. The van der Waals surface area contributed by atoms with Crippen LogP contribution in [0.4, 0.5) is 5.69 Å². The zero-order valence-corrected chi connectivity index (χ0v) is 17.5. The predicted molar refractivity (Wildman–Crippen MR) is 121 cm³/mol. The predicted octanol–water partition coefficient (Wildman–Crippen LogP) is 5.17. The zero-order chi connectivity index (χ0) is 22.1. The second-order valence-corrected chi connectivity index (χ2v) is 7.73. The topological polar surface area (TPSA) is 96.6 Å². The molecule has 2 aromatic carbocycles. The zero-order valence-electron chi connectivity index (χ0n) is 15.9. The number of fused-ring (bicyclic) bond motifs is 2. The van der Waals surface area contributed by atoms with Crippen LogP contribution in [0, 0.1) is 0 Å². The maximum absolute atomic E-state index is 13.0. The molecule has 3 aromatic rings. The van der Waals surface area contributed by atoms with Crippen molar-refractivity contribution in [2.24, 2.45) is 0 Å². The van der Waals surface area contributed by atoms with E-state index in [-0.39, 0.29) is 5.43 Å². The van der Waals surface area contributed by atoms with Crippen LogP contribution in [-0.2, 0) is 16.0 Å². The SMILES string of the molecule is O=C(O)/C=C\C(=O)Nc1ccc2c(=O)c3c(oc2c1)/C(=C/c1c(Cl)cccc1Cl)CC3. The van der Waals surface area contributed by atoms with Crippen molar-refractivity contribution in [3.8, 4) is 0 Å². The lowest BCUT2D eigenvalue weighted by atomic mass is 10.1. The number of aliphatic carboxylic acids is 1. The van der Waals surface area contributed by atoms with Gasteiger partial charge in [-0.3, -0.25) is 9.59 Å². The molecule has 0 saturated heterocycles. The lowest BCUT2D eigenvalue weighted by Crippen LogP contribution is -2.11. The van der Waals surface area contributed by atoms with Gasteiger partial charge in [-0.05, 0) is 48.8 Å². The Labute approximate surface area is 186 Å². The maximum atomic E-state index is 13.0. The molecule has 0 spiro atoms. The summed E-state index contributed by atoms with van der Waals surface area (Å²) in [5.41, 5.74) is 2.59. The van der Waals surface area contributed by atoms with Gasteiger partial charge in [-0.25, -0.2) is 4.79 Å². The molecule has 0 atom stereocenters. The first kappa shape index (κ1) is 20.9. The summed E-state index contributed by atoms with van der Waals surface area (Å²) >= 11 is 12.5. The fourth-order valence-electron chi connectivity index (χ4n) is 3.46. The Morgan fingerprint density at radius 3 is 2.52 bits per heavy atom. The molecular formula is C23H15Cl2NO5. The summed E-state index contributed by atoms with van der Waals surface area (Å²) < 4.78 is 6.05. The molecule has 156 valence electrons. The molecule has 1 aliphatic rings. The molecule has 1 amide bonds. The second kappa shape index (κ2) is 8.41. The van der Waals surface area contributed by atoms with Crippen molar-refractivity contribution in [3.05, 3.63) is 85.7 Å². The van der Waals surface area contributed by atoms with E-state index >= 15 is 0 Å². The van der Waals surface area contributed by atoms with Crippen molar-refractivity contribution in [2.45, 2.75) is 12.8 Å². The number of halogens is 2. The standard InChI is InChI=1S/C23H15Cl2NO5/c24-17-2-1-3-18(25)16(17)10-12-4-6-15-22(30)14-7-5-13(11-19(14)31-23(12)15)26-20(27)8-9-21(28)29/h1-3,5,7-11H,4,6H2,(H,26,27)(H,28,29)/b9-8-,12-10+. The van der Waals surface area contributed by atoms with Gasteiger partial charge in [-0.15, -0.1) is 0 Å². The van der Waals surface area contributed by atoms with Gasteiger partial charge in [0.1, 0.15) is 11.3 Å². The van der Waals surface area contributed by atoms with E-state index in [1.807, 2.05) is 6.08 Å². The van der Waals surface area contributed by atoms with E-state index in [4.69, 9.17) is 32.7 Å². The number of hydrogen-bond acceptors (Lipinski definition) is 4. The molecule has 0 radical (unpaired) electrons. The molecule has 6 nitrogen and oxygen atoms in total. The largest absolute Gasteiger partial charge is 0.478 e. The lowest BCUT2D eigenvalue weighted by molar-refractivity contribution is -0.131. The number of carbonyl (C=O) groups excluding carboxylic acids is 1. The second-order valence-electron chi connectivity index (χ2n) is 6.92. The van der Waals surface area contributed by atoms with Crippen LogP contribution in [0.1, 0.15) is 23.3 Å². The molecule has 1 heterocycles. The first-order valence-corrected chi connectivity index (χ1v) is 10.1.